The van der Waals surface area contributed by atoms with Gasteiger partial charge in [0.1, 0.15) is 0 Å². The predicted molar refractivity (Wildman–Crippen MR) is 91.0 cm³/mol. The second-order valence-corrected chi connectivity index (χ2v) is 6.35. The van der Waals surface area contributed by atoms with Gasteiger partial charge in [-0.15, -0.1) is 0 Å². The summed E-state index contributed by atoms with van der Waals surface area (Å²) in [5, 5.41) is 23.5. The van der Waals surface area contributed by atoms with Crippen LogP contribution in [0.5, 0.6) is 0 Å². The minimum absolute atomic E-state index is 0.00963. The molecule has 0 saturated heterocycles. The Kier molecular flexibility index (Phi) is 7.96. The largest absolute Gasteiger partial charge is 0.545 e. The van der Waals surface area contributed by atoms with E-state index < -0.39 is 11.9 Å². The molecule has 4 nitrogen and oxygen atoms in total. The molecule has 0 aromatic heterocycles. The predicted octanol–water partition coefficient (Wildman–Crippen LogP) is 3.00. The van der Waals surface area contributed by atoms with Gasteiger partial charge in [-0.3, -0.25) is 0 Å². The molecular formula is C20H28O4-2. The fraction of sp³-hybridized carbons (Fsp3) is 0.600. The second-order valence-electron chi connectivity index (χ2n) is 6.35. The highest BCUT2D eigenvalue weighted by Crippen LogP contribution is 2.37. The Balaban J connectivity index is 3.70. The van der Waals surface area contributed by atoms with Gasteiger partial charge in [-0.05, 0) is 48.6 Å². The molecule has 0 bridgehead atoms. The quantitative estimate of drug-likeness (QED) is 0.659. The maximum atomic E-state index is 11.9. The molecule has 0 aliphatic rings. The fourth-order valence-electron chi connectivity index (χ4n) is 3.64. The number of carboxylic acid groups (broad SMARTS) is 2. The molecular weight excluding hydrogens is 304 g/mol. The highest BCUT2D eigenvalue weighted by Gasteiger charge is 2.24. The van der Waals surface area contributed by atoms with Crippen molar-refractivity contribution in [2.24, 2.45) is 0 Å². The summed E-state index contributed by atoms with van der Waals surface area (Å²) in [4.78, 5) is 23.5. The second kappa shape index (κ2) is 9.45. The molecule has 0 N–H and O–H groups in total. The van der Waals surface area contributed by atoms with Crippen LogP contribution in [-0.4, -0.2) is 11.9 Å². The molecule has 0 fully saturated rings. The van der Waals surface area contributed by atoms with Crippen molar-refractivity contribution >= 4 is 11.9 Å². The number of benzene rings is 1. The summed E-state index contributed by atoms with van der Waals surface area (Å²) in [7, 11) is 0. The third kappa shape index (κ3) is 4.37. The minimum Gasteiger partial charge on any atom is -0.545 e. The molecule has 2 unspecified atom stereocenters. The van der Waals surface area contributed by atoms with E-state index in [1.54, 1.807) is 6.07 Å². The van der Waals surface area contributed by atoms with Gasteiger partial charge in [0.25, 0.3) is 0 Å². The van der Waals surface area contributed by atoms with Gasteiger partial charge in [0, 0.05) is 11.1 Å². The Morgan fingerprint density at radius 1 is 0.875 bits per heavy atom. The molecule has 0 spiro atoms. The molecule has 1 rings (SSSR count). The molecule has 2 atom stereocenters. The average Bonchev–Trinajstić information content (AvgIpc) is 2.56. The molecule has 0 heterocycles. The maximum absolute atomic E-state index is 11.9. The molecule has 0 radical (unpaired) electrons. The summed E-state index contributed by atoms with van der Waals surface area (Å²) < 4.78 is 0. The van der Waals surface area contributed by atoms with E-state index in [1.807, 2.05) is 20.8 Å². The van der Waals surface area contributed by atoms with Gasteiger partial charge in [0.2, 0.25) is 0 Å². The Hall–Kier alpha value is -1.84. The maximum Gasteiger partial charge on any atom is 0.0721 e. The first-order valence-corrected chi connectivity index (χ1v) is 9.02. The van der Waals surface area contributed by atoms with Crippen LogP contribution in [0.3, 0.4) is 0 Å². The Labute approximate surface area is 144 Å². The van der Waals surface area contributed by atoms with Crippen LogP contribution in [0.15, 0.2) is 12.1 Å². The van der Waals surface area contributed by atoms with Crippen molar-refractivity contribution in [2.75, 3.05) is 0 Å². The molecule has 24 heavy (non-hydrogen) atoms. The Bertz CT molecular complexity index is 577. The van der Waals surface area contributed by atoms with E-state index in [0.29, 0.717) is 17.5 Å². The molecule has 1 aromatic rings. The molecule has 1 aromatic carbocycles. The van der Waals surface area contributed by atoms with E-state index in [2.05, 4.69) is 6.92 Å². The summed E-state index contributed by atoms with van der Waals surface area (Å²) in [6, 6.07) is 3.16. The lowest BCUT2D eigenvalue weighted by atomic mass is 9.79. The van der Waals surface area contributed by atoms with E-state index in [0.717, 1.165) is 32.1 Å². The van der Waals surface area contributed by atoms with Crippen molar-refractivity contribution in [1.82, 2.24) is 0 Å². The Morgan fingerprint density at radius 3 is 1.83 bits per heavy atom. The fourth-order valence-corrected chi connectivity index (χ4v) is 3.64. The molecule has 134 valence electrons. The van der Waals surface area contributed by atoms with Gasteiger partial charge in [0.15, 0.2) is 0 Å². The van der Waals surface area contributed by atoms with Crippen LogP contribution in [0.4, 0.5) is 0 Å². The topological polar surface area (TPSA) is 80.3 Å². The van der Waals surface area contributed by atoms with Crippen molar-refractivity contribution in [2.45, 2.75) is 78.1 Å². The highest BCUT2D eigenvalue weighted by molar-refractivity contribution is 5.96. The van der Waals surface area contributed by atoms with E-state index in [1.165, 1.54) is 6.07 Å². The standard InChI is InChI=1S/C20H30O4/c1-5-9-13(7-3)15-11-12-16(19(21)22)17(18(15)20(23)24)14(8-4)10-6-2/h11-14H,5-10H2,1-4H3,(H,21,22)(H,23,24)/p-2. The zero-order chi connectivity index (χ0) is 18.3. The normalized spacial score (nSPS) is 13.5. The van der Waals surface area contributed by atoms with E-state index in [9.17, 15) is 19.8 Å². The Morgan fingerprint density at radius 2 is 1.42 bits per heavy atom. The third-order valence-electron chi connectivity index (χ3n) is 4.81. The highest BCUT2D eigenvalue weighted by atomic mass is 16.4. The first-order chi connectivity index (χ1) is 11.4. The summed E-state index contributed by atoms with van der Waals surface area (Å²) in [6.45, 7) is 8.04. The molecule has 0 amide bonds. The van der Waals surface area contributed by atoms with Crippen molar-refractivity contribution in [1.29, 1.82) is 0 Å². The van der Waals surface area contributed by atoms with E-state index >= 15 is 0 Å². The number of aromatic carboxylic acids is 2. The number of carboxylic acids is 2. The van der Waals surface area contributed by atoms with E-state index in [4.69, 9.17) is 0 Å². The van der Waals surface area contributed by atoms with Crippen LogP contribution in [0, 0.1) is 0 Å². The molecule has 0 saturated carbocycles. The lowest BCUT2D eigenvalue weighted by molar-refractivity contribution is -0.255. The van der Waals surface area contributed by atoms with E-state index in [-0.39, 0.29) is 23.0 Å². The van der Waals surface area contributed by atoms with Gasteiger partial charge >= 0.3 is 0 Å². The zero-order valence-corrected chi connectivity index (χ0v) is 15.2. The zero-order valence-electron chi connectivity index (χ0n) is 15.2. The lowest BCUT2D eigenvalue weighted by Gasteiger charge is -2.28. The number of rotatable bonds is 10. The van der Waals surface area contributed by atoms with Gasteiger partial charge in [-0.2, -0.15) is 0 Å². The molecule has 0 aliphatic carbocycles. The van der Waals surface area contributed by atoms with Crippen LogP contribution < -0.4 is 10.2 Å². The van der Waals surface area contributed by atoms with Crippen LogP contribution >= 0.6 is 0 Å². The minimum atomic E-state index is -1.32. The third-order valence-corrected chi connectivity index (χ3v) is 4.81. The molecule has 4 heteroatoms. The van der Waals surface area contributed by atoms with Crippen LogP contribution in [-0.2, 0) is 0 Å². The van der Waals surface area contributed by atoms with Crippen LogP contribution in [0.1, 0.15) is 110 Å². The van der Waals surface area contributed by atoms with Gasteiger partial charge in [-0.1, -0.05) is 52.7 Å². The first-order valence-electron chi connectivity index (χ1n) is 9.02. The SMILES string of the molecule is CCCC(CC)c1ccc(C(=O)[O-])c(C(CC)CCC)c1C(=O)[O-]. The number of hydrogen-bond donors (Lipinski definition) is 0. The average molecular weight is 332 g/mol. The monoisotopic (exact) mass is 332 g/mol. The van der Waals surface area contributed by atoms with Crippen LogP contribution in [0.2, 0.25) is 0 Å². The van der Waals surface area contributed by atoms with Gasteiger partial charge in [0.05, 0.1) is 11.9 Å². The van der Waals surface area contributed by atoms with Gasteiger partial charge in [-0.25, -0.2) is 0 Å². The van der Waals surface area contributed by atoms with Crippen molar-refractivity contribution < 1.29 is 19.8 Å². The van der Waals surface area contributed by atoms with Crippen molar-refractivity contribution in [3.8, 4) is 0 Å². The van der Waals surface area contributed by atoms with Crippen LogP contribution in [0.25, 0.3) is 0 Å². The number of carbonyl (C=O) groups excluding carboxylic acids is 2. The summed E-state index contributed by atoms with van der Waals surface area (Å²) in [6.07, 6.45) is 4.89. The first kappa shape index (κ1) is 20.2. The van der Waals surface area contributed by atoms with Crippen molar-refractivity contribution in [3.63, 3.8) is 0 Å². The summed E-state index contributed by atoms with van der Waals surface area (Å²) in [5.41, 5.74) is 1.17. The smallest absolute Gasteiger partial charge is 0.0721 e. The number of hydrogen-bond acceptors (Lipinski definition) is 4. The van der Waals surface area contributed by atoms with Crippen molar-refractivity contribution in [3.05, 3.63) is 34.4 Å². The number of carbonyl (C=O) groups is 2. The summed E-state index contributed by atoms with van der Waals surface area (Å²) in [5.74, 6) is -2.63. The molecule has 0 aliphatic heterocycles. The van der Waals surface area contributed by atoms with Gasteiger partial charge < -0.3 is 19.8 Å². The summed E-state index contributed by atoms with van der Waals surface area (Å²) >= 11 is 0. The lowest BCUT2D eigenvalue weighted by Crippen LogP contribution is -2.31.